The number of nitrogens with zero attached hydrogens (tertiary/aromatic N) is 1. The molecule has 1 heterocycles. The third kappa shape index (κ3) is 8.24. The van der Waals surface area contributed by atoms with E-state index >= 15 is 0 Å². The van der Waals surface area contributed by atoms with E-state index in [1.165, 1.54) is 24.3 Å². The van der Waals surface area contributed by atoms with Crippen LogP contribution in [0.4, 0.5) is 14.0 Å². The number of rotatable bonds is 4. The average Bonchev–Trinajstić information content (AvgIpc) is 2.72. The van der Waals surface area contributed by atoms with Crippen LogP contribution in [0, 0.1) is 5.82 Å². The molecule has 0 radical (unpaired) electrons. The second-order valence-corrected chi connectivity index (χ2v) is 9.81. The van der Waals surface area contributed by atoms with E-state index in [0.717, 1.165) is 5.06 Å². The van der Waals surface area contributed by atoms with E-state index in [-0.39, 0.29) is 19.0 Å². The van der Waals surface area contributed by atoms with Crippen LogP contribution in [-0.2, 0) is 14.3 Å². The summed E-state index contributed by atoms with van der Waals surface area (Å²) in [6.45, 7) is 9.99. The molecule has 1 atom stereocenters. The van der Waals surface area contributed by atoms with Crippen LogP contribution in [-0.4, -0.2) is 47.8 Å². The number of hydrogen-bond acceptors (Lipinski definition) is 8. The number of carbonyl (C=O) groups excluding carboxylic acids is 2. The van der Waals surface area contributed by atoms with Gasteiger partial charge in [0.05, 0.1) is 0 Å². The largest absolute Gasteiger partial charge is 0.534 e. The third-order valence-corrected chi connectivity index (χ3v) is 4.22. The second-order valence-electron chi connectivity index (χ2n) is 9.81. The quantitative estimate of drug-likeness (QED) is 0.388. The highest BCUT2D eigenvalue weighted by atomic mass is 19.1. The molecule has 2 aromatic carbocycles. The summed E-state index contributed by atoms with van der Waals surface area (Å²) < 4.78 is 41.1. The standard InChI is InChI=1S/C25H30FNO8/c1-24(2,3)33-22(28)27(35-23(29)34-25(4,5)6)14-19-15-30-20-12-11-18(13-21(20)32-19)31-17-9-7-16(26)8-10-17/h7-13,19H,14-15H2,1-6H3. The van der Waals surface area contributed by atoms with Crippen molar-refractivity contribution in [3.63, 3.8) is 0 Å². The number of hydroxylamine groups is 2. The molecule has 10 heteroatoms. The van der Waals surface area contributed by atoms with Crippen molar-refractivity contribution < 1.29 is 42.5 Å². The molecule has 2 aromatic rings. The van der Waals surface area contributed by atoms with Crippen LogP contribution in [0.2, 0.25) is 0 Å². The van der Waals surface area contributed by atoms with Crippen LogP contribution in [0.25, 0.3) is 0 Å². The molecule has 1 unspecified atom stereocenters. The van der Waals surface area contributed by atoms with E-state index < -0.39 is 29.6 Å². The Bertz CT molecular complexity index is 1040. The van der Waals surface area contributed by atoms with Gasteiger partial charge in [-0.05, 0) is 77.9 Å². The Kier molecular flexibility index (Phi) is 7.62. The molecule has 35 heavy (non-hydrogen) atoms. The maximum Gasteiger partial charge on any atom is 0.534 e. The third-order valence-electron chi connectivity index (χ3n) is 4.22. The van der Waals surface area contributed by atoms with E-state index in [4.69, 9.17) is 28.5 Å². The summed E-state index contributed by atoms with van der Waals surface area (Å²) in [6.07, 6.45) is -2.64. The van der Waals surface area contributed by atoms with Crippen molar-refractivity contribution in [2.75, 3.05) is 13.2 Å². The van der Waals surface area contributed by atoms with Gasteiger partial charge in [0, 0.05) is 6.07 Å². The Hall–Kier alpha value is -3.69. The Morgan fingerprint density at radius 2 is 1.57 bits per heavy atom. The van der Waals surface area contributed by atoms with E-state index in [1.807, 2.05) is 0 Å². The van der Waals surface area contributed by atoms with Gasteiger partial charge in [-0.15, -0.1) is 5.06 Å². The maximum atomic E-state index is 13.1. The lowest BCUT2D eigenvalue weighted by Crippen LogP contribution is -2.46. The van der Waals surface area contributed by atoms with Crippen molar-refractivity contribution in [1.82, 2.24) is 5.06 Å². The lowest BCUT2D eigenvalue weighted by molar-refractivity contribution is -0.147. The molecule has 0 spiro atoms. The molecule has 0 saturated heterocycles. The minimum Gasteiger partial charge on any atom is -0.486 e. The number of hydrogen-bond donors (Lipinski definition) is 0. The molecule has 190 valence electrons. The Morgan fingerprint density at radius 1 is 0.943 bits per heavy atom. The van der Waals surface area contributed by atoms with Crippen LogP contribution in [0.15, 0.2) is 42.5 Å². The number of halogens is 1. The van der Waals surface area contributed by atoms with Crippen LogP contribution in [0.1, 0.15) is 41.5 Å². The molecule has 0 aliphatic carbocycles. The van der Waals surface area contributed by atoms with Crippen molar-refractivity contribution >= 4 is 12.2 Å². The molecule has 1 aliphatic rings. The Morgan fingerprint density at radius 3 is 2.20 bits per heavy atom. The lowest BCUT2D eigenvalue weighted by Gasteiger charge is -2.31. The summed E-state index contributed by atoms with van der Waals surface area (Å²) in [4.78, 5) is 30.0. The van der Waals surface area contributed by atoms with Crippen LogP contribution < -0.4 is 14.2 Å². The summed E-state index contributed by atoms with van der Waals surface area (Å²) in [6, 6.07) is 10.6. The van der Waals surface area contributed by atoms with Gasteiger partial charge in [-0.2, -0.15) is 0 Å². The first-order chi connectivity index (χ1) is 16.3. The van der Waals surface area contributed by atoms with Crippen molar-refractivity contribution in [2.24, 2.45) is 0 Å². The highest BCUT2D eigenvalue weighted by molar-refractivity contribution is 5.70. The zero-order valence-electron chi connectivity index (χ0n) is 20.6. The van der Waals surface area contributed by atoms with E-state index in [2.05, 4.69) is 0 Å². The minimum atomic E-state index is -1.06. The number of carbonyl (C=O) groups is 2. The summed E-state index contributed by atoms with van der Waals surface area (Å²) in [5.74, 6) is 1.35. The van der Waals surface area contributed by atoms with Crippen molar-refractivity contribution in [3.8, 4) is 23.0 Å². The van der Waals surface area contributed by atoms with Gasteiger partial charge in [0.1, 0.15) is 41.7 Å². The van der Waals surface area contributed by atoms with Gasteiger partial charge in [0.2, 0.25) is 0 Å². The summed E-state index contributed by atoms with van der Waals surface area (Å²) in [5, 5.41) is 0.747. The summed E-state index contributed by atoms with van der Waals surface area (Å²) in [7, 11) is 0. The Balaban J connectivity index is 1.71. The molecule has 0 aromatic heterocycles. The van der Waals surface area contributed by atoms with Gasteiger partial charge >= 0.3 is 12.2 Å². The Labute approximate surface area is 203 Å². The van der Waals surface area contributed by atoms with E-state index in [1.54, 1.807) is 59.7 Å². The first-order valence-electron chi connectivity index (χ1n) is 11.1. The number of ether oxygens (including phenoxy) is 5. The average molecular weight is 492 g/mol. The highest BCUT2D eigenvalue weighted by Crippen LogP contribution is 2.36. The number of benzene rings is 2. The van der Waals surface area contributed by atoms with Gasteiger partial charge in [0.15, 0.2) is 17.6 Å². The highest BCUT2D eigenvalue weighted by Gasteiger charge is 2.33. The SMILES string of the molecule is CC(C)(C)OC(=O)ON(CC1COc2ccc(Oc3ccc(F)cc3)cc2O1)C(=O)OC(C)(C)C. The fourth-order valence-electron chi connectivity index (χ4n) is 2.89. The fraction of sp³-hybridized carbons (Fsp3) is 0.440. The molecule has 1 aliphatic heterocycles. The fourth-order valence-corrected chi connectivity index (χ4v) is 2.89. The first-order valence-corrected chi connectivity index (χ1v) is 11.1. The molecule has 0 bridgehead atoms. The van der Waals surface area contributed by atoms with Crippen LogP contribution in [0.5, 0.6) is 23.0 Å². The molecule has 9 nitrogen and oxygen atoms in total. The molecular formula is C25H30FNO8. The molecule has 0 N–H and O–H groups in total. The second kappa shape index (κ2) is 10.3. The van der Waals surface area contributed by atoms with Crippen molar-refractivity contribution in [1.29, 1.82) is 0 Å². The summed E-state index contributed by atoms with van der Waals surface area (Å²) >= 11 is 0. The van der Waals surface area contributed by atoms with Crippen LogP contribution in [0.3, 0.4) is 0 Å². The predicted octanol–water partition coefficient (Wildman–Crippen LogP) is 5.86. The molecule has 0 saturated carbocycles. The van der Waals surface area contributed by atoms with E-state index in [0.29, 0.717) is 23.0 Å². The number of fused-ring (bicyclic) bond motifs is 1. The topological polar surface area (TPSA) is 92.8 Å². The molecule has 1 amide bonds. The minimum absolute atomic E-state index is 0.0855. The van der Waals surface area contributed by atoms with Crippen molar-refractivity contribution in [2.45, 2.75) is 58.8 Å². The smallest absolute Gasteiger partial charge is 0.486 e. The summed E-state index contributed by atoms with van der Waals surface area (Å²) in [5.41, 5.74) is -1.64. The monoisotopic (exact) mass is 491 g/mol. The van der Waals surface area contributed by atoms with Gasteiger partial charge in [-0.25, -0.2) is 14.0 Å². The van der Waals surface area contributed by atoms with Gasteiger partial charge in [-0.1, -0.05) is 0 Å². The zero-order chi connectivity index (χ0) is 25.8. The van der Waals surface area contributed by atoms with Crippen molar-refractivity contribution in [3.05, 3.63) is 48.3 Å². The lowest BCUT2D eigenvalue weighted by atomic mass is 10.2. The number of amides is 1. The van der Waals surface area contributed by atoms with E-state index in [9.17, 15) is 14.0 Å². The predicted molar refractivity (Wildman–Crippen MR) is 123 cm³/mol. The van der Waals surface area contributed by atoms with Gasteiger partial charge in [-0.3, -0.25) is 0 Å². The zero-order valence-corrected chi connectivity index (χ0v) is 20.6. The van der Waals surface area contributed by atoms with Gasteiger partial charge in [0.25, 0.3) is 0 Å². The molecule has 0 fully saturated rings. The van der Waals surface area contributed by atoms with Crippen LogP contribution >= 0.6 is 0 Å². The van der Waals surface area contributed by atoms with Gasteiger partial charge < -0.3 is 28.5 Å². The molecular weight excluding hydrogens is 461 g/mol. The maximum absolute atomic E-state index is 13.1. The normalized spacial score (nSPS) is 15.1. The molecule has 3 rings (SSSR count). The first kappa shape index (κ1) is 25.9.